The molecule has 1 saturated heterocycles. The van der Waals surface area contributed by atoms with Crippen molar-refractivity contribution < 1.29 is 4.74 Å². The number of ether oxygens (including phenoxy) is 1. The highest BCUT2D eigenvalue weighted by molar-refractivity contribution is 5.82. The SMILES string of the molecule is Cc1ccc2cc(C)c(N3CCOCC3)nc2c1. The Morgan fingerprint density at radius 3 is 2.67 bits per heavy atom. The van der Waals surface area contributed by atoms with Crippen LogP contribution in [-0.4, -0.2) is 31.3 Å². The first-order valence-electron chi connectivity index (χ1n) is 6.45. The molecule has 1 fully saturated rings. The molecule has 0 N–H and O–H groups in total. The topological polar surface area (TPSA) is 25.4 Å². The lowest BCUT2D eigenvalue weighted by molar-refractivity contribution is 0.122. The fourth-order valence-electron chi connectivity index (χ4n) is 2.47. The third-order valence-electron chi connectivity index (χ3n) is 3.45. The molecule has 0 unspecified atom stereocenters. The van der Waals surface area contributed by atoms with Crippen molar-refractivity contribution in [2.45, 2.75) is 13.8 Å². The van der Waals surface area contributed by atoms with Crippen LogP contribution < -0.4 is 4.90 Å². The summed E-state index contributed by atoms with van der Waals surface area (Å²) >= 11 is 0. The van der Waals surface area contributed by atoms with E-state index in [1.165, 1.54) is 16.5 Å². The van der Waals surface area contributed by atoms with E-state index in [1.807, 2.05) is 0 Å². The molecule has 1 aromatic heterocycles. The summed E-state index contributed by atoms with van der Waals surface area (Å²) < 4.78 is 5.40. The summed E-state index contributed by atoms with van der Waals surface area (Å²) in [5.41, 5.74) is 3.59. The molecule has 0 saturated carbocycles. The van der Waals surface area contributed by atoms with Crippen molar-refractivity contribution in [3.63, 3.8) is 0 Å². The summed E-state index contributed by atoms with van der Waals surface area (Å²) in [5, 5.41) is 1.22. The van der Waals surface area contributed by atoms with Crippen LogP contribution in [0.1, 0.15) is 11.1 Å². The lowest BCUT2D eigenvalue weighted by Crippen LogP contribution is -2.37. The van der Waals surface area contributed by atoms with Crippen LogP contribution in [0.15, 0.2) is 24.3 Å². The summed E-state index contributed by atoms with van der Waals surface area (Å²) in [5.74, 6) is 1.11. The van der Waals surface area contributed by atoms with E-state index in [9.17, 15) is 0 Å². The molecular weight excluding hydrogens is 224 g/mol. The summed E-state index contributed by atoms with van der Waals surface area (Å²) in [6, 6.07) is 8.66. The first-order valence-corrected chi connectivity index (χ1v) is 6.45. The molecule has 0 bridgehead atoms. The normalized spacial score (nSPS) is 16.2. The lowest BCUT2D eigenvalue weighted by Gasteiger charge is -2.29. The molecule has 2 heterocycles. The third kappa shape index (κ3) is 2.06. The molecule has 1 aliphatic rings. The minimum atomic E-state index is 0.799. The van der Waals surface area contributed by atoms with Crippen LogP contribution >= 0.6 is 0 Å². The van der Waals surface area contributed by atoms with Gasteiger partial charge in [-0.15, -0.1) is 0 Å². The van der Waals surface area contributed by atoms with Gasteiger partial charge >= 0.3 is 0 Å². The van der Waals surface area contributed by atoms with E-state index in [4.69, 9.17) is 9.72 Å². The fourth-order valence-corrected chi connectivity index (χ4v) is 2.47. The number of rotatable bonds is 1. The van der Waals surface area contributed by atoms with Gasteiger partial charge in [0.2, 0.25) is 0 Å². The Kier molecular flexibility index (Phi) is 2.92. The molecule has 3 heteroatoms. The zero-order valence-corrected chi connectivity index (χ0v) is 10.9. The van der Waals surface area contributed by atoms with Gasteiger partial charge in [-0.3, -0.25) is 0 Å². The second-order valence-corrected chi connectivity index (χ2v) is 4.92. The molecule has 18 heavy (non-hydrogen) atoms. The van der Waals surface area contributed by atoms with Gasteiger partial charge < -0.3 is 9.64 Å². The summed E-state index contributed by atoms with van der Waals surface area (Å²) in [6.45, 7) is 7.71. The minimum Gasteiger partial charge on any atom is -0.378 e. The van der Waals surface area contributed by atoms with E-state index in [2.05, 4.69) is 43.0 Å². The number of benzene rings is 1. The number of anilines is 1. The van der Waals surface area contributed by atoms with Gasteiger partial charge in [0.05, 0.1) is 18.7 Å². The van der Waals surface area contributed by atoms with Crippen molar-refractivity contribution in [2.24, 2.45) is 0 Å². The molecule has 3 rings (SSSR count). The molecular formula is C15H18N2O. The molecule has 0 spiro atoms. The number of hydrogen-bond acceptors (Lipinski definition) is 3. The van der Waals surface area contributed by atoms with E-state index >= 15 is 0 Å². The first-order chi connectivity index (χ1) is 8.74. The van der Waals surface area contributed by atoms with Crippen molar-refractivity contribution in [3.05, 3.63) is 35.4 Å². The first kappa shape index (κ1) is 11.5. The number of aromatic nitrogens is 1. The Bertz CT molecular complexity index is 574. The Balaban J connectivity index is 2.07. The molecule has 1 aromatic carbocycles. The van der Waals surface area contributed by atoms with Crippen molar-refractivity contribution in [1.29, 1.82) is 0 Å². The van der Waals surface area contributed by atoms with Crippen molar-refractivity contribution in [1.82, 2.24) is 4.98 Å². The van der Waals surface area contributed by atoms with Gasteiger partial charge in [-0.25, -0.2) is 4.98 Å². The van der Waals surface area contributed by atoms with Crippen molar-refractivity contribution in [3.8, 4) is 0 Å². The molecule has 3 nitrogen and oxygen atoms in total. The number of aryl methyl sites for hydroxylation is 2. The largest absolute Gasteiger partial charge is 0.378 e. The monoisotopic (exact) mass is 242 g/mol. The predicted octanol–water partition coefficient (Wildman–Crippen LogP) is 2.69. The van der Waals surface area contributed by atoms with Crippen molar-refractivity contribution in [2.75, 3.05) is 31.2 Å². The highest BCUT2D eigenvalue weighted by Crippen LogP contribution is 2.24. The van der Waals surface area contributed by atoms with Crippen LogP contribution in [0.2, 0.25) is 0 Å². The predicted molar refractivity (Wildman–Crippen MR) is 74.2 cm³/mol. The Hall–Kier alpha value is -1.61. The van der Waals surface area contributed by atoms with E-state index in [1.54, 1.807) is 0 Å². The molecule has 1 aliphatic heterocycles. The van der Waals surface area contributed by atoms with Crippen LogP contribution in [-0.2, 0) is 4.74 Å². The zero-order valence-electron chi connectivity index (χ0n) is 10.9. The van der Waals surface area contributed by atoms with Crippen LogP contribution in [0.25, 0.3) is 10.9 Å². The fraction of sp³-hybridized carbons (Fsp3) is 0.400. The maximum Gasteiger partial charge on any atom is 0.132 e. The molecule has 94 valence electrons. The van der Waals surface area contributed by atoms with Gasteiger partial charge in [-0.05, 0) is 37.1 Å². The Labute approximate surface area is 107 Å². The third-order valence-corrected chi connectivity index (χ3v) is 3.45. The van der Waals surface area contributed by atoms with Crippen LogP contribution in [0.3, 0.4) is 0 Å². The minimum absolute atomic E-state index is 0.799. The number of morpholine rings is 1. The Morgan fingerprint density at radius 2 is 1.89 bits per heavy atom. The van der Waals surface area contributed by atoms with E-state index in [0.717, 1.165) is 37.6 Å². The molecule has 0 atom stereocenters. The highest BCUT2D eigenvalue weighted by Gasteiger charge is 2.15. The van der Waals surface area contributed by atoms with E-state index in [0.29, 0.717) is 0 Å². The summed E-state index contributed by atoms with van der Waals surface area (Å²) in [7, 11) is 0. The molecule has 0 aliphatic carbocycles. The Morgan fingerprint density at radius 1 is 1.11 bits per heavy atom. The van der Waals surface area contributed by atoms with Crippen LogP contribution in [0, 0.1) is 13.8 Å². The lowest BCUT2D eigenvalue weighted by atomic mass is 10.1. The standard InChI is InChI=1S/C15H18N2O/c1-11-3-4-13-10-12(2)15(16-14(13)9-11)17-5-7-18-8-6-17/h3-4,9-10H,5-8H2,1-2H3. The maximum absolute atomic E-state index is 5.40. The second-order valence-electron chi connectivity index (χ2n) is 4.92. The summed E-state index contributed by atoms with van der Waals surface area (Å²) in [6.07, 6.45) is 0. The van der Waals surface area contributed by atoms with E-state index < -0.39 is 0 Å². The van der Waals surface area contributed by atoms with Crippen LogP contribution in [0.5, 0.6) is 0 Å². The van der Waals surface area contributed by atoms with Gasteiger partial charge in [-0.2, -0.15) is 0 Å². The quantitative estimate of drug-likeness (QED) is 0.768. The van der Waals surface area contributed by atoms with Gasteiger partial charge in [0.15, 0.2) is 0 Å². The number of fused-ring (bicyclic) bond motifs is 1. The highest BCUT2D eigenvalue weighted by atomic mass is 16.5. The van der Waals surface area contributed by atoms with E-state index in [-0.39, 0.29) is 0 Å². The average Bonchev–Trinajstić information content (AvgIpc) is 2.39. The smallest absolute Gasteiger partial charge is 0.132 e. The molecule has 0 radical (unpaired) electrons. The van der Waals surface area contributed by atoms with Crippen molar-refractivity contribution >= 4 is 16.7 Å². The number of pyridine rings is 1. The zero-order chi connectivity index (χ0) is 12.5. The maximum atomic E-state index is 5.40. The molecule has 2 aromatic rings. The van der Waals surface area contributed by atoms with Gasteiger partial charge in [0.25, 0.3) is 0 Å². The average molecular weight is 242 g/mol. The molecule has 0 amide bonds. The van der Waals surface area contributed by atoms with Gasteiger partial charge in [-0.1, -0.05) is 12.1 Å². The summed E-state index contributed by atoms with van der Waals surface area (Å²) in [4.78, 5) is 7.15. The number of nitrogens with zero attached hydrogens (tertiary/aromatic N) is 2. The van der Waals surface area contributed by atoms with Gasteiger partial charge in [0, 0.05) is 18.5 Å². The number of hydrogen-bond donors (Lipinski definition) is 0. The van der Waals surface area contributed by atoms with Crippen LogP contribution in [0.4, 0.5) is 5.82 Å². The van der Waals surface area contributed by atoms with Gasteiger partial charge in [0.1, 0.15) is 5.82 Å². The second kappa shape index (κ2) is 4.58.